The van der Waals surface area contributed by atoms with Gasteiger partial charge in [0, 0.05) is 11.6 Å². The summed E-state index contributed by atoms with van der Waals surface area (Å²) in [6.07, 6.45) is 0. The van der Waals surface area contributed by atoms with Gasteiger partial charge in [0.05, 0.1) is 5.52 Å². The van der Waals surface area contributed by atoms with Gasteiger partial charge in [-0.05, 0) is 19.1 Å². The van der Waals surface area contributed by atoms with E-state index in [-0.39, 0.29) is 5.52 Å². The van der Waals surface area contributed by atoms with Gasteiger partial charge in [0.15, 0.2) is 10.6 Å². The molecule has 0 atom stereocenters. The topological polar surface area (TPSA) is 31.6 Å². The van der Waals surface area contributed by atoms with Crippen molar-refractivity contribution >= 4 is 23.3 Å². The van der Waals surface area contributed by atoms with Crippen molar-refractivity contribution in [1.29, 1.82) is 0 Å². The molecule has 5 heteroatoms. The summed E-state index contributed by atoms with van der Waals surface area (Å²) in [6, 6.07) is 0.844. The highest BCUT2D eigenvalue weighted by atomic mass is 32.1. The van der Waals surface area contributed by atoms with Gasteiger partial charge >= 0.3 is 0 Å². The minimum absolute atomic E-state index is 0.226. The summed E-state index contributed by atoms with van der Waals surface area (Å²) in [5.74, 6) is -1.21. The van der Waals surface area contributed by atoms with E-state index in [1.54, 1.807) is 6.92 Å². The van der Waals surface area contributed by atoms with Gasteiger partial charge in [-0.3, -0.25) is 0 Å². The highest BCUT2D eigenvalue weighted by Crippen LogP contribution is 2.20. The monoisotopic (exact) mass is 200 g/mol. The number of imidazole rings is 1. The molecule has 1 aromatic carbocycles. The summed E-state index contributed by atoms with van der Waals surface area (Å²) in [5, 5.41) is 0. The molecule has 0 aliphatic heterocycles. The Morgan fingerprint density at radius 3 is 2.46 bits per heavy atom. The predicted octanol–water partition coefficient (Wildman–Crippen LogP) is 2.81. The molecule has 0 amide bonds. The molecule has 0 spiro atoms. The Labute approximate surface area is 77.6 Å². The minimum atomic E-state index is -0.634. The van der Waals surface area contributed by atoms with Gasteiger partial charge in [-0.15, -0.1) is 0 Å². The Kier molecular flexibility index (Phi) is 1.69. The Balaban J connectivity index is 3.04. The number of fused-ring (bicyclic) bond motifs is 1. The van der Waals surface area contributed by atoms with Crippen LogP contribution >= 0.6 is 12.2 Å². The van der Waals surface area contributed by atoms with Crippen molar-refractivity contribution in [1.82, 2.24) is 9.97 Å². The van der Waals surface area contributed by atoms with Gasteiger partial charge < -0.3 is 9.97 Å². The van der Waals surface area contributed by atoms with Gasteiger partial charge in [0.1, 0.15) is 11.3 Å². The summed E-state index contributed by atoms with van der Waals surface area (Å²) in [4.78, 5) is 5.30. The van der Waals surface area contributed by atoms with Crippen LogP contribution in [0.25, 0.3) is 11.0 Å². The molecule has 68 valence electrons. The number of hydrogen-bond donors (Lipinski definition) is 2. The number of H-pyrrole nitrogens is 2. The molecule has 0 saturated carbocycles. The summed E-state index contributed by atoms with van der Waals surface area (Å²) in [7, 11) is 0. The zero-order valence-electron chi connectivity index (χ0n) is 6.74. The molecule has 2 nitrogen and oxygen atoms in total. The molecule has 0 bridgehead atoms. The first kappa shape index (κ1) is 8.37. The van der Waals surface area contributed by atoms with E-state index in [1.807, 2.05) is 0 Å². The van der Waals surface area contributed by atoms with Crippen molar-refractivity contribution in [3.05, 3.63) is 28.0 Å². The van der Waals surface area contributed by atoms with Crippen LogP contribution in [-0.4, -0.2) is 9.97 Å². The maximum absolute atomic E-state index is 13.1. The average Bonchev–Trinajstić information content (AvgIpc) is 2.44. The van der Waals surface area contributed by atoms with Crippen molar-refractivity contribution in [3.63, 3.8) is 0 Å². The number of aromatic amines is 2. The Hall–Kier alpha value is -1.23. The summed E-state index contributed by atoms with van der Waals surface area (Å²) >= 11 is 4.78. The van der Waals surface area contributed by atoms with Crippen LogP contribution < -0.4 is 0 Å². The fourth-order valence-electron chi connectivity index (χ4n) is 1.25. The molecule has 0 aliphatic carbocycles. The smallest absolute Gasteiger partial charge is 0.175 e. The molecule has 2 N–H and O–H groups in total. The lowest BCUT2D eigenvalue weighted by Crippen LogP contribution is -1.88. The van der Waals surface area contributed by atoms with Gasteiger partial charge in [0.25, 0.3) is 0 Å². The molecule has 0 radical (unpaired) electrons. The van der Waals surface area contributed by atoms with Crippen molar-refractivity contribution in [2.75, 3.05) is 0 Å². The molecule has 0 saturated heterocycles. The Morgan fingerprint density at radius 2 is 1.77 bits per heavy atom. The third kappa shape index (κ3) is 1.16. The Bertz CT molecular complexity index is 527. The standard InChI is InChI=1S/C8H6F2N2S/c1-3-4(9)2-5(10)7-6(3)11-8(13)12-7/h2H,1H3,(H2,11,12,13). The molecule has 0 fully saturated rings. The van der Waals surface area contributed by atoms with E-state index in [4.69, 9.17) is 12.2 Å². The molecule has 1 heterocycles. The molecule has 2 rings (SSSR count). The molecule has 1 aromatic heterocycles. The third-order valence-corrected chi connectivity index (χ3v) is 2.16. The average molecular weight is 200 g/mol. The zero-order chi connectivity index (χ0) is 9.59. The van der Waals surface area contributed by atoms with Crippen LogP contribution in [0.5, 0.6) is 0 Å². The largest absolute Gasteiger partial charge is 0.330 e. The summed E-state index contributed by atoms with van der Waals surface area (Å²) < 4.78 is 26.4. The number of aromatic nitrogens is 2. The second-order valence-electron chi connectivity index (χ2n) is 2.79. The molecule has 0 aliphatic rings. The minimum Gasteiger partial charge on any atom is -0.330 e. The first-order valence-electron chi connectivity index (χ1n) is 3.66. The fraction of sp³-hybridized carbons (Fsp3) is 0.125. The highest BCUT2D eigenvalue weighted by Gasteiger charge is 2.10. The Morgan fingerprint density at radius 1 is 1.15 bits per heavy atom. The summed E-state index contributed by atoms with van der Waals surface area (Å²) in [5.41, 5.74) is 0.982. The van der Waals surface area contributed by atoms with Crippen molar-refractivity contribution in [3.8, 4) is 0 Å². The number of nitrogens with one attached hydrogen (secondary N) is 2. The van der Waals surface area contributed by atoms with E-state index in [2.05, 4.69) is 9.97 Å². The van der Waals surface area contributed by atoms with Crippen molar-refractivity contribution < 1.29 is 8.78 Å². The zero-order valence-corrected chi connectivity index (χ0v) is 7.56. The fourth-order valence-corrected chi connectivity index (χ4v) is 1.46. The van der Waals surface area contributed by atoms with Crippen LogP contribution in [0, 0.1) is 23.3 Å². The number of hydrogen-bond acceptors (Lipinski definition) is 1. The van der Waals surface area contributed by atoms with Gasteiger partial charge in [0.2, 0.25) is 0 Å². The lowest BCUT2D eigenvalue weighted by atomic mass is 10.2. The van der Waals surface area contributed by atoms with Crippen LogP contribution in [0.2, 0.25) is 0 Å². The third-order valence-electron chi connectivity index (χ3n) is 1.95. The van der Waals surface area contributed by atoms with Crippen molar-refractivity contribution in [2.24, 2.45) is 0 Å². The molecule has 2 aromatic rings. The van der Waals surface area contributed by atoms with E-state index in [0.29, 0.717) is 15.9 Å². The molecule has 0 unspecified atom stereocenters. The van der Waals surface area contributed by atoms with E-state index in [9.17, 15) is 8.78 Å². The molecular weight excluding hydrogens is 194 g/mol. The molecule has 13 heavy (non-hydrogen) atoms. The lowest BCUT2D eigenvalue weighted by Gasteiger charge is -1.98. The first-order chi connectivity index (χ1) is 6.09. The van der Waals surface area contributed by atoms with Crippen LogP contribution in [0.1, 0.15) is 5.56 Å². The number of benzene rings is 1. The quantitative estimate of drug-likeness (QED) is 0.629. The SMILES string of the molecule is Cc1c(F)cc(F)c2[nH]c(=S)[nH]c12. The number of aryl methyl sites for hydroxylation is 1. The van der Waals surface area contributed by atoms with E-state index in [1.165, 1.54) is 0 Å². The first-order valence-corrected chi connectivity index (χ1v) is 4.07. The van der Waals surface area contributed by atoms with Crippen LogP contribution in [0.4, 0.5) is 8.78 Å². The maximum atomic E-state index is 13.1. The summed E-state index contributed by atoms with van der Waals surface area (Å²) in [6.45, 7) is 1.57. The van der Waals surface area contributed by atoms with E-state index in [0.717, 1.165) is 6.07 Å². The normalized spacial score (nSPS) is 11.0. The van der Waals surface area contributed by atoms with E-state index >= 15 is 0 Å². The molecular formula is C8H6F2N2S. The number of halogens is 2. The predicted molar refractivity (Wildman–Crippen MR) is 48.1 cm³/mol. The van der Waals surface area contributed by atoms with Crippen molar-refractivity contribution in [2.45, 2.75) is 6.92 Å². The van der Waals surface area contributed by atoms with Gasteiger partial charge in [-0.25, -0.2) is 8.78 Å². The maximum Gasteiger partial charge on any atom is 0.175 e. The lowest BCUT2D eigenvalue weighted by molar-refractivity contribution is 0.585. The van der Waals surface area contributed by atoms with Crippen LogP contribution in [-0.2, 0) is 0 Å². The van der Waals surface area contributed by atoms with Crippen LogP contribution in [0.15, 0.2) is 6.07 Å². The van der Waals surface area contributed by atoms with E-state index < -0.39 is 11.6 Å². The second kappa shape index (κ2) is 2.63. The number of rotatable bonds is 0. The van der Waals surface area contributed by atoms with Crippen LogP contribution in [0.3, 0.4) is 0 Å². The van der Waals surface area contributed by atoms with Gasteiger partial charge in [-0.2, -0.15) is 0 Å². The second-order valence-corrected chi connectivity index (χ2v) is 3.20. The highest BCUT2D eigenvalue weighted by molar-refractivity contribution is 7.71. The van der Waals surface area contributed by atoms with Gasteiger partial charge in [-0.1, -0.05) is 0 Å².